The molecule has 0 saturated carbocycles. The van der Waals surface area contributed by atoms with E-state index in [-0.39, 0.29) is 43.1 Å². The summed E-state index contributed by atoms with van der Waals surface area (Å²) in [7, 11) is 0. The lowest BCUT2D eigenvalue weighted by Crippen LogP contribution is -2.45. The molecule has 1 amide bonds. The van der Waals surface area contributed by atoms with Crippen molar-refractivity contribution in [1.29, 1.82) is 0 Å². The Morgan fingerprint density at radius 3 is 2.67 bits per heavy atom. The number of likely N-dealkylation sites (tertiary alicyclic amines) is 1. The molecule has 1 aliphatic heterocycles. The monoisotopic (exact) mass is 435 g/mol. The van der Waals surface area contributed by atoms with E-state index in [0.717, 1.165) is 11.3 Å². The number of nitrogens with zero attached hydrogens (tertiary/aromatic N) is 3. The fourth-order valence-electron chi connectivity index (χ4n) is 3.57. The minimum absolute atomic E-state index is 0.179. The fraction of sp³-hybridized carbons (Fsp3) is 0.550. The Hall–Kier alpha value is -2.75. The number of carbonyl (C=O) groups excluding carboxylic acids is 3. The molecule has 9 nitrogen and oxygen atoms in total. The third-order valence-electron chi connectivity index (χ3n) is 5.08. The third kappa shape index (κ3) is 4.38. The minimum Gasteiger partial charge on any atom is -0.466 e. The number of ether oxygens (including phenoxy) is 2. The van der Waals surface area contributed by atoms with Gasteiger partial charge in [0, 0.05) is 13.1 Å². The Balaban J connectivity index is 1.80. The number of amides is 1. The van der Waals surface area contributed by atoms with Crippen molar-refractivity contribution in [3.63, 3.8) is 0 Å². The van der Waals surface area contributed by atoms with Crippen LogP contribution in [-0.2, 0) is 25.6 Å². The van der Waals surface area contributed by atoms with Crippen molar-refractivity contribution in [3.8, 4) is 0 Å². The summed E-state index contributed by atoms with van der Waals surface area (Å²) in [6, 6.07) is 0. The lowest BCUT2D eigenvalue weighted by molar-refractivity contribution is -0.151. The molecule has 2 aromatic rings. The summed E-state index contributed by atoms with van der Waals surface area (Å²) in [5.41, 5.74) is 0.129. The Labute approximate surface area is 177 Å². The molecule has 1 aliphatic rings. The van der Waals surface area contributed by atoms with Crippen LogP contribution >= 0.6 is 11.3 Å². The SMILES string of the molecule is CCOC(=O)c1sc2ncn(CC(=O)N3CCCC(C(=O)OCC)C3)c(=O)c2c1C. The van der Waals surface area contributed by atoms with Crippen LogP contribution in [0.4, 0.5) is 0 Å². The van der Waals surface area contributed by atoms with Gasteiger partial charge in [-0.1, -0.05) is 0 Å². The van der Waals surface area contributed by atoms with Crippen LogP contribution in [0.15, 0.2) is 11.1 Å². The number of carbonyl (C=O) groups is 3. The van der Waals surface area contributed by atoms with E-state index in [4.69, 9.17) is 9.47 Å². The van der Waals surface area contributed by atoms with E-state index in [0.29, 0.717) is 46.7 Å². The van der Waals surface area contributed by atoms with Gasteiger partial charge in [0.15, 0.2) is 0 Å². The van der Waals surface area contributed by atoms with Crippen LogP contribution in [-0.4, -0.2) is 58.6 Å². The topological polar surface area (TPSA) is 108 Å². The van der Waals surface area contributed by atoms with Gasteiger partial charge in [-0.25, -0.2) is 9.78 Å². The normalized spacial score (nSPS) is 16.5. The number of hydrogen-bond acceptors (Lipinski definition) is 8. The first-order chi connectivity index (χ1) is 14.4. The van der Waals surface area contributed by atoms with Gasteiger partial charge in [0.25, 0.3) is 5.56 Å². The Morgan fingerprint density at radius 2 is 1.97 bits per heavy atom. The van der Waals surface area contributed by atoms with Gasteiger partial charge in [0.2, 0.25) is 5.91 Å². The van der Waals surface area contributed by atoms with Crippen molar-refractivity contribution in [1.82, 2.24) is 14.5 Å². The molecule has 3 heterocycles. The fourth-order valence-corrected chi connectivity index (χ4v) is 4.60. The number of esters is 2. The summed E-state index contributed by atoms with van der Waals surface area (Å²) in [5.74, 6) is -1.38. The third-order valence-corrected chi connectivity index (χ3v) is 6.26. The summed E-state index contributed by atoms with van der Waals surface area (Å²) in [4.78, 5) is 56.5. The lowest BCUT2D eigenvalue weighted by Gasteiger charge is -2.31. The van der Waals surface area contributed by atoms with E-state index in [9.17, 15) is 19.2 Å². The van der Waals surface area contributed by atoms with Gasteiger partial charge < -0.3 is 14.4 Å². The summed E-state index contributed by atoms with van der Waals surface area (Å²) in [6.07, 6.45) is 2.70. The number of fused-ring (bicyclic) bond motifs is 1. The van der Waals surface area contributed by atoms with Gasteiger partial charge in [0.05, 0.1) is 30.8 Å². The molecule has 10 heteroatoms. The zero-order valence-corrected chi connectivity index (χ0v) is 18.1. The average Bonchev–Trinajstić information content (AvgIpc) is 3.07. The maximum Gasteiger partial charge on any atom is 0.348 e. The van der Waals surface area contributed by atoms with Crippen LogP contribution in [0.3, 0.4) is 0 Å². The minimum atomic E-state index is -0.488. The number of thiophene rings is 1. The van der Waals surface area contributed by atoms with E-state index in [2.05, 4.69) is 4.98 Å². The molecule has 0 aromatic carbocycles. The predicted octanol–water partition coefficient (Wildman–Crippen LogP) is 1.74. The standard InChI is InChI=1S/C20H25N3O6S/c1-4-28-19(26)13-7-6-8-22(9-13)14(24)10-23-11-21-17-15(18(23)25)12(3)16(30-17)20(27)29-5-2/h11,13H,4-10H2,1-3H3. The highest BCUT2D eigenvalue weighted by Gasteiger charge is 2.29. The number of rotatable bonds is 6. The van der Waals surface area contributed by atoms with Crippen molar-refractivity contribution in [2.75, 3.05) is 26.3 Å². The van der Waals surface area contributed by atoms with Gasteiger partial charge in [-0.2, -0.15) is 0 Å². The molecule has 3 rings (SSSR count). The smallest absolute Gasteiger partial charge is 0.348 e. The van der Waals surface area contributed by atoms with E-state index in [1.54, 1.807) is 25.7 Å². The molecule has 0 radical (unpaired) electrons. The second kappa shape index (κ2) is 9.38. The Bertz CT molecular complexity index is 1030. The van der Waals surface area contributed by atoms with Crippen LogP contribution in [0.1, 0.15) is 41.9 Å². The zero-order chi connectivity index (χ0) is 21.8. The molecule has 30 heavy (non-hydrogen) atoms. The van der Waals surface area contributed by atoms with Crippen LogP contribution in [0, 0.1) is 12.8 Å². The Morgan fingerprint density at radius 1 is 1.23 bits per heavy atom. The van der Waals surface area contributed by atoms with Crippen molar-refractivity contribution in [3.05, 3.63) is 27.1 Å². The first-order valence-electron chi connectivity index (χ1n) is 9.97. The predicted molar refractivity (Wildman–Crippen MR) is 111 cm³/mol. The van der Waals surface area contributed by atoms with Crippen LogP contribution in [0.25, 0.3) is 10.2 Å². The first kappa shape index (κ1) is 21.9. The van der Waals surface area contributed by atoms with Crippen molar-refractivity contribution >= 4 is 39.4 Å². The molecule has 162 valence electrons. The van der Waals surface area contributed by atoms with E-state index < -0.39 is 5.97 Å². The quantitative estimate of drug-likeness (QED) is 0.636. The zero-order valence-electron chi connectivity index (χ0n) is 17.3. The van der Waals surface area contributed by atoms with Gasteiger partial charge in [-0.05, 0) is 39.2 Å². The van der Waals surface area contributed by atoms with Gasteiger partial charge in [-0.3, -0.25) is 19.0 Å². The molecular weight excluding hydrogens is 410 g/mol. The molecule has 1 unspecified atom stereocenters. The van der Waals surface area contributed by atoms with Crippen molar-refractivity contribution in [2.24, 2.45) is 5.92 Å². The largest absolute Gasteiger partial charge is 0.466 e. The molecule has 1 fully saturated rings. The second-order valence-corrected chi connectivity index (χ2v) is 8.06. The molecule has 1 atom stereocenters. The second-order valence-electron chi connectivity index (χ2n) is 7.07. The van der Waals surface area contributed by atoms with Gasteiger partial charge in [-0.15, -0.1) is 11.3 Å². The maximum atomic E-state index is 13.0. The van der Waals surface area contributed by atoms with Crippen molar-refractivity contribution < 1.29 is 23.9 Å². The number of hydrogen-bond donors (Lipinski definition) is 0. The van der Waals surface area contributed by atoms with Crippen molar-refractivity contribution in [2.45, 2.75) is 40.2 Å². The number of aryl methyl sites for hydroxylation is 1. The highest BCUT2D eigenvalue weighted by Crippen LogP contribution is 2.27. The molecule has 0 spiro atoms. The molecule has 1 saturated heterocycles. The summed E-state index contributed by atoms with van der Waals surface area (Å²) < 4.78 is 11.3. The summed E-state index contributed by atoms with van der Waals surface area (Å²) in [5, 5.41) is 0.321. The van der Waals surface area contributed by atoms with E-state index in [1.807, 2.05) is 0 Å². The van der Waals surface area contributed by atoms with Crippen LogP contribution in [0.5, 0.6) is 0 Å². The maximum absolute atomic E-state index is 13.0. The van der Waals surface area contributed by atoms with E-state index >= 15 is 0 Å². The highest BCUT2D eigenvalue weighted by atomic mass is 32.1. The van der Waals surface area contributed by atoms with Crippen LogP contribution < -0.4 is 5.56 Å². The first-order valence-corrected chi connectivity index (χ1v) is 10.8. The van der Waals surface area contributed by atoms with E-state index in [1.165, 1.54) is 10.9 Å². The van der Waals surface area contributed by atoms with Gasteiger partial charge in [0.1, 0.15) is 16.3 Å². The summed E-state index contributed by atoms with van der Waals surface area (Å²) in [6.45, 7) is 6.31. The highest BCUT2D eigenvalue weighted by molar-refractivity contribution is 7.20. The molecular formula is C20H25N3O6S. The lowest BCUT2D eigenvalue weighted by atomic mass is 9.98. The molecule has 0 aliphatic carbocycles. The van der Waals surface area contributed by atoms with Crippen LogP contribution in [0.2, 0.25) is 0 Å². The number of aromatic nitrogens is 2. The average molecular weight is 436 g/mol. The molecule has 2 aromatic heterocycles. The molecule has 0 N–H and O–H groups in total. The molecule has 0 bridgehead atoms. The van der Waals surface area contributed by atoms with Gasteiger partial charge >= 0.3 is 11.9 Å². The number of piperidine rings is 1. The summed E-state index contributed by atoms with van der Waals surface area (Å²) >= 11 is 1.10. The Kier molecular flexibility index (Phi) is 6.86.